The highest BCUT2D eigenvalue weighted by atomic mass is 32.2. The molecule has 5 nitrogen and oxygen atoms in total. The van der Waals surface area contributed by atoms with Gasteiger partial charge in [-0.05, 0) is 18.2 Å². The Bertz CT molecular complexity index is 576. The Balaban J connectivity index is 2.37. The Hall–Kier alpha value is -1.95. The van der Waals surface area contributed by atoms with Crippen LogP contribution in [0.3, 0.4) is 0 Å². The van der Waals surface area contributed by atoms with E-state index in [4.69, 9.17) is 5.73 Å². The van der Waals surface area contributed by atoms with Gasteiger partial charge in [-0.25, -0.2) is 8.42 Å². The molecular weight excluding hydrogens is 226 g/mol. The van der Waals surface area contributed by atoms with Gasteiger partial charge in [0, 0.05) is 12.4 Å². The minimum atomic E-state index is -3.61. The highest BCUT2D eigenvalue weighted by Crippen LogP contribution is 2.20. The molecule has 0 unspecified atom stereocenters. The summed E-state index contributed by atoms with van der Waals surface area (Å²) in [6.45, 7) is 0. The van der Waals surface area contributed by atoms with Crippen molar-refractivity contribution in [3.63, 3.8) is 0 Å². The van der Waals surface area contributed by atoms with Gasteiger partial charge in [-0.2, -0.15) is 0 Å². The van der Waals surface area contributed by atoms with Crippen LogP contribution < -0.4 is 10.5 Å². The second kappa shape index (κ2) is 3.90. The van der Waals surface area contributed by atoms with Crippen molar-refractivity contribution in [2.24, 2.45) is 0 Å². The Morgan fingerprint density at radius 1 is 1.19 bits per heavy atom. The molecule has 0 aliphatic carbocycles. The van der Waals surface area contributed by atoms with Gasteiger partial charge >= 0.3 is 0 Å². The molecule has 6 heteroatoms. The number of H-pyrrole nitrogens is 1. The molecule has 2 aromatic rings. The number of para-hydroxylation sites is 1. The van der Waals surface area contributed by atoms with Gasteiger partial charge < -0.3 is 10.7 Å². The van der Waals surface area contributed by atoms with Gasteiger partial charge in [-0.3, -0.25) is 4.72 Å². The van der Waals surface area contributed by atoms with Crippen LogP contribution in [0.15, 0.2) is 47.6 Å². The van der Waals surface area contributed by atoms with Gasteiger partial charge in [0.1, 0.15) is 4.90 Å². The summed E-state index contributed by atoms with van der Waals surface area (Å²) in [6.07, 6.45) is 3.18. The molecule has 0 atom stereocenters. The summed E-state index contributed by atoms with van der Waals surface area (Å²) < 4.78 is 26.2. The molecule has 0 aliphatic heterocycles. The number of nitrogens with two attached hydrogens (primary N) is 1. The van der Waals surface area contributed by atoms with Gasteiger partial charge in [-0.1, -0.05) is 12.1 Å². The average Bonchev–Trinajstić information content (AvgIpc) is 2.70. The van der Waals surface area contributed by atoms with E-state index >= 15 is 0 Å². The van der Waals surface area contributed by atoms with Crippen LogP contribution in [0.1, 0.15) is 0 Å². The third-order valence-electron chi connectivity index (χ3n) is 2.06. The first-order valence-corrected chi connectivity index (χ1v) is 6.08. The van der Waals surface area contributed by atoms with Crippen LogP contribution in [-0.2, 0) is 10.0 Å². The van der Waals surface area contributed by atoms with E-state index in [1.165, 1.54) is 6.07 Å². The van der Waals surface area contributed by atoms with Crippen molar-refractivity contribution < 1.29 is 8.42 Å². The number of aromatic amines is 1. The molecule has 0 aliphatic rings. The standard InChI is InChI=1S/C10H11N3O2S/c11-9-3-1-2-4-10(9)16(14,15)13-8-5-6-12-7-8/h1-7,12-13H,11H2. The summed E-state index contributed by atoms with van der Waals surface area (Å²) in [6, 6.07) is 7.94. The lowest BCUT2D eigenvalue weighted by Gasteiger charge is -2.07. The first-order valence-electron chi connectivity index (χ1n) is 4.60. The fourth-order valence-electron chi connectivity index (χ4n) is 1.32. The van der Waals surface area contributed by atoms with Crippen molar-refractivity contribution in [1.29, 1.82) is 0 Å². The predicted molar refractivity (Wildman–Crippen MR) is 62.5 cm³/mol. The number of hydrogen-bond donors (Lipinski definition) is 3. The van der Waals surface area contributed by atoms with E-state index in [1.807, 2.05) is 0 Å². The van der Waals surface area contributed by atoms with Crippen LogP contribution in [-0.4, -0.2) is 13.4 Å². The SMILES string of the molecule is Nc1ccccc1S(=O)(=O)Nc1cc[nH]c1. The Morgan fingerprint density at radius 3 is 2.56 bits per heavy atom. The fourth-order valence-corrected chi connectivity index (χ4v) is 2.51. The van der Waals surface area contributed by atoms with Crippen LogP contribution in [0.2, 0.25) is 0 Å². The first-order chi connectivity index (χ1) is 7.59. The predicted octanol–water partition coefficient (Wildman–Crippen LogP) is 1.40. The summed E-state index contributed by atoms with van der Waals surface area (Å²) >= 11 is 0. The number of benzene rings is 1. The van der Waals surface area contributed by atoms with E-state index in [-0.39, 0.29) is 10.6 Å². The number of hydrogen-bond acceptors (Lipinski definition) is 3. The second-order valence-electron chi connectivity index (χ2n) is 3.24. The molecule has 0 saturated heterocycles. The number of aromatic nitrogens is 1. The van der Waals surface area contributed by atoms with Gasteiger partial charge in [0.15, 0.2) is 0 Å². The molecule has 84 valence electrons. The van der Waals surface area contributed by atoms with Crippen LogP contribution in [0, 0.1) is 0 Å². The molecule has 4 N–H and O–H groups in total. The maximum Gasteiger partial charge on any atom is 0.263 e. The topological polar surface area (TPSA) is 88.0 Å². The lowest BCUT2D eigenvalue weighted by Crippen LogP contribution is -2.14. The Kier molecular flexibility index (Phi) is 2.57. The molecule has 0 radical (unpaired) electrons. The highest BCUT2D eigenvalue weighted by Gasteiger charge is 2.16. The van der Waals surface area contributed by atoms with Gasteiger partial charge in [0.05, 0.1) is 11.4 Å². The van der Waals surface area contributed by atoms with Crippen LogP contribution in [0.25, 0.3) is 0 Å². The van der Waals surface area contributed by atoms with Gasteiger partial charge in [-0.15, -0.1) is 0 Å². The van der Waals surface area contributed by atoms with E-state index in [0.717, 1.165) is 0 Å². The largest absolute Gasteiger partial charge is 0.398 e. The van der Waals surface area contributed by atoms with Crippen molar-refractivity contribution in [2.45, 2.75) is 4.90 Å². The molecule has 16 heavy (non-hydrogen) atoms. The first kappa shape index (κ1) is 10.6. The van der Waals surface area contributed by atoms with Gasteiger partial charge in [0.2, 0.25) is 0 Å². The molecule has 0 fully saturated rings. The molecule has 0 bridgehead atoms. The maximum absolute atomic E-state index is 11.9. The number of nitrogen functional groups attached to an aromatic ring is 1. The van der Waals surface area contributed by atoms with Crippen LogP contribution in [0.5, 0.6) is 0 Å². The summed E-state index contributed by atoms with van der Waals surface area (Å²) in [4.78, 5) is 2.84. The van der Waals surface area contributed by atoms with Crippen LogP contribution >= 0.6 is 0 Å². The summed E-state index contributed by atoms with van der Waals surface area (Å²) in [5, 5.41) is 0. The van der Waals surface area contributed by atoms with E-state index in [2.05, 4.69) is 9.71 Å². The van der Waals surface area contributed by atoms with Crippen molar-refractivity contribution >= 4 is 21.4 Å². The smallest absolute Gasteiger partial charge is 0.263 e. The number of nitrogens with one attached hydrogen (secondary N) is 2. The molecule has 0 spiro atoms. The molecule has 1 aromatic heterocycles. The quantitative estimate of drug-likeness (QED) is 0.705. The number of anilines is 2. The summed E-state index contributed by atoms with van der Waals surface area (Å²) in [7, 11) is -3.61. The molecule has 1 heterocycles. The lowest BCUT2D eigenvalue weighted by atomic mass is 10.3. The second-order valence-corrected chi connectivity index (χ2v) is 4.89. The third kappa shape index (κ3) is 2.01. The van der Waals surface area contributed by atoms with Gasteiger partial charge in [0.25, 0.3) is 10.0 Å². The zero-order chi connectivity index (χ0) is 11.6. The van der Waals surface area contributed by atoms with E-state index in [9.17, 15) is 8.42 Å². The van der Waals surface area contributed by atoms with Crippen molar-refractivity contribution in [1.82, 2.24) is 4.98 Å². The lowest BCUT2D eigenvalue weighted by molar-refractivity contribution is 0.601. The Morgan fingerprint density at radius 2 is 1.94 bits per heavy atom. The molecular formula is C10H11N3O2S. The summed E-state index contributed by atoms with van der Waals surface area (Å²) in [5.41, 5.74) is 6.31. The van der Waals surface area contributed by atoms with Crippen molar-refractivity contribution in [3.05, 3.63) is 42.7 Å². The molecule has 0 saturated carbocycles. The van der Waals surface area contributed by atoms with Crippen LogP contribution in [0.4, 0.5) is 11.4 Å². The third-order valence-corrected chi connectivity index (χ3v) is 3.51. The van der Waals surface area contributed by atoms with Crippen molar-refractivity contribution in [2.75, 3.05) is 10.5 Å². The monoisotopic (exact) mass is 237 g/mol. The zero-order valence-electron chi connectivity index (χ0n) is 8.34. The zero-order valence-corrected chi connectivity index (χ0v) is 9.16. The number of rotatable bonds is 3. The highest BCUT2D eigenvalue weighted by molar-refractivity contribution is 7.92. The number of sulfonamides is 1. The Labute approximate surface area is 93.3 Å². The maximum atomic E-state index is 11.9. The molecule has 2 rings (SSSR count). The normalized spacial score (nSPS) is 11.2. The minimum Gasteiger partial charge on any atom is -0.398 e. The van der Waals surface area contributed by atoms with Crippen molar-refractivity contribution in [3.8, 4) is 0 Å². The van der Waals surface area contributed by atoms with E-state index in [1.54, 1.807) is 36.7 Å². The molecule has 1 aromatic carbocycles. The van der Waals surface area contributed by atoms with E-state index < -0.39 is 10.0 Å². The minimum absolute atomic E-state index is 0.0798. The fraction of sp³-hybridized carbons (Fsp3) is 0. The summed E-state index contributed by atoms with van der Waals surface area (Å²) in [5.74, 6) is 0. The van der Waals surface area contributed by atoms with E-state index in [0.29, 0.717) is 5.69 Å². The molecule has 0 amide bonds. The average molecular weight is 237 g/mol.